The third kappa shape index (κ3) is 15.8. The highest BCUT2D eigenvalue weighted by molar-refractivity contribution is 7.17. The first-order chi connectivity index (χ1) is 29.0. The van der Waals surface area contributed by atoms with Gasteiger partial charge in [-0.1, -0.05) is 167 Å². The molecule has 2 aromatic carbocycles. The third-order valence-corrected chi connectivity index (χ3v) is 14.0. The summed E-state index contributed by atoms with van der Waals surface area (Å²) < 4.78 is 20.6. The normalized spacial score (nSPS) is 15.3. The maximum Gasteiger partial charge on any atom is 0.328 e. The highest BCUT2D eigenvalue weighted by atomic mass is 32.1. The molecule has 0 saturated carbocycles. The number of esters is 1. The van der Waals surface area contributed by atoms with Crippen molar-refractivity contribution in [3.8, 4) is 0 Å². The lowest BCUT2D eigenvalue weighted by atomic mass is 9.95. The van der Waals surface area contributed by atoms with Gasteiger partial charge in [-0.2, -0.15) is 0 Å². The molecule has 5 rings (SSSR count). The number of nitrogens with zero attached hydrogens (tertiary/aromatic N) is 3. The Morgan fingerprint density at radius 2 is 1.25 bits per heavy atom. The molecule has 1 aromatic heterocycles. The second-order valence-corrected chi connectivity index (χ2v) is 18.6. The van der Waals surface area contributed by atoms with E-state index in [1.807, 2.05) is 5.38 Å². The van der Waals surface area contributed by atoms with Crippen LogP contribution in [-0.4, -0.2) is 62.7 Å². The second-order valence-electron chi connectivity index (χ2n) is 17.7. The van der Waals surface area contributed by atoms with E-state index in [9.17, 15) is 14.0 Å². The number of hydrogen-bond donors (Lipinski definition) is 0. The highest BCUT2D eigenvalue weighted by Gasteiger charge is 2.35. The number of unbranched alkanes of at least 4 members (excludes halogenated alkanes) is 22. The Hall–Kier alpha value is -2.97. The minimum absolute atomic E-state index is 0.0207. The first-order valence-electron chi connectivity index (χ1n) is 24.1. The van der Waals surface area contributed by atoms with Crippen molar-refractivity contribution >= 4 is 44.7 Å². The van der Waals surface area contributed by atoms with Gasteiger partial charge in [0, 0.05) is 60.6 Å². The van der Waals surface area contributed by atoms with Crippen molar-refractivity contribution in [2.45, 2.75) is 186 Å². The van der Waals surface area contributed by atoms with Crippen LogP contribution in [0.15, 0.2) is 41.8 Å². The molecule has 0 spiro atoms. The number of aryl methyl sites for hydroxylation is 1. The van der Waals surface area contributed by atoms with Crippen LogP contribution in [0.3, 0.4) is 0 Å². The molecule has 1 saturated heterocycles. The molecule has 8 heteroatoms. The van der Waals surface area contributed by atoms with Crippen LogP contribution in [-0.2, 0) is 27.2 Å². The van der Waals surface area contributed by atoms with Crippen molar-refractivity contribution in [2.24, 2.45) is 0 Å². The fourth-order valence-electron chi connectivity index (χ4n) is 9.43. The zero-order chi connectivity index (χ0) is 41.5. The SMILES string of the molecule is CCCCCCCCCCCCCCCCCCCCCCCCCC(C(=O)OC)N1C(=O)CCc2ccc(CCN3CCN(c4cc(F)cc5sccc45)CC3)cc21. The minimum Gasteiger partial charge on any atom is -0.467 e. The standard InChI is InChI=1S/C51H78FN3O3S/c1-3-4-5-6-7-8-9-10-11-12-13-14-15-16-17-18-19-20-21-22-23-24-25-26-46(51(57)58-2)55-47-39-42(27-28-43(47)29-30-50(55)56)31-33-53-34-36-54(37-35-53)48-40-44(52)41-49-45(48)32-38-59-49/h27-28,32,38-41,46H,3-26,29-31,33-37H2,1-2H3. The number of carbonyl (C=O) groups is 2. The van der Waals surface area contributed by atoms with Crippen LogP contribution >= 0.6 is 11.3 Å². The average molecular weight is 832 g/mol. The largest absolute Gasteiger partial charge is 0.467 e. The number of halogens is 1. The number of ether oxygens (including phenoxy) is 1. The zero-order valence-electron chi connectivity index (χ0n) is 37.1. The Morgan fingerprint density at radius 1 is 0.695 bits per heavy atom. The third-order valence-electron chi connectivity index (χ3n) is 13.1. The molecular weight excluding hydrogens is 754 g/mol. The first-order valence-corrected chi connectivity index (χ1v) is 25.0. The van der Waals surface area contributed by atoms with Gasteiger partial charge >= 0.3 is 5.97 Å². The molecular formula is C51H78FN3O3S. The Labute approximate surface area is 361 Å². The first kappa shape index (κ1) is 47.1. The molecule has 0 bridgehead atoms. The van der Waals surface area contributed by atoms with E-state index in [0.717, 1.165) is 79.0 Å². The molecule has 3 heterocycles. The van der Waals surface area contributed by atoms with E-state index in [2.05, 4.69) is 41.0 Å². The van der Waals surface area contributed by atoms with Crippen LogP contribution in [0.4, 0.5) is 15.8 Å². The van der Waals surface area contributed by atoms with E-state index in [0.29, 0.717) is 19.3 Å². The molecule has 328 valence electrons. The fraction of sp³-hybridized carbons (Fsp3) is 0.686. The minimum atomic E-state index is -0.581. The number of carbonyl (C=O) groups excluding carboxylic acids is 2. The van der Waals surface area contributed by atoms with Crippen molar-refractivity contribution in [1.82, 2.24) is 4.90 Å². The summed E-state index contributed by atoms with van der Waals surface area (Å²) in [5.74, 6) is -0.466. The maximum atomic E-state index is 14.4. The van der Waals surface area contributed by atoms with E-state index in [1.165, 1.54) is 148 Å². The summed E-state index contributed by atoms with van der Waals surface area (Å²) >= 11 is 1.59. The van der Waals surface area contributed by atoms with Gasteiger partial charge in [-0.3, -0.25) is 14.6 Å². The number of benzene rings is 2. The Morgan fingerprint density at radius 3 is 1.81 bits per heavy atom. The summed E-state index contributed by atoms with van der Waals surface area (Å²) in [6.45, 7) is 6.77. The Bertz CT molecular complexity index is 1650. The summed E-state index contributed by atoms with van der Waals surface area (Å²) in [6.07, 6.45) is 33.8. The van der Waals surface area contributed by atoms with Gasteiger partial charge in [0.2, 0.25) is 5.91 Å². The van der Waals surface area contributed by atoms with Gasteiger partial charge < -0.3 is 9.64 Å². The van der Waals surface area contributed by atoms with Crippen molar-refractivity contribution in [1.29, 1.82) is 0 Å². The molecule has 2 aliphatic rings. The van der Waals surface area contributed by atoms with Crippen molar-refractivity contribution < 1.29 is 18.7 Å². The molecule has 3 aromatic rings. The second kappa shape index (κ2) is 27.1. The Balaban J connectivity index is 0.935. The van der Waals surface area contributed by atoms with Crippen molar-refractivity contribution in [3.05, 3.63) is 58.7 Å². The summed E-state index contributed by atoms with van der Waals surface area (Å²) in [5.41, 5.74) is 4.20. The molecule has 0 N–H and O–H groups in total. The topological polar surface area (TPSA) is 53.1 Å². The van der Waals surface area contributed by atoms with E-state index in [4.69, 9.17) is 4.74 Å². The number of rotatable bonds is 30. The van der Waals surface area contributed by atoms with Crippen LogP contribution in [0.2, 0.25) is 0 Å². The van der Waals surface area contributed by atoms with E-state index in [-0.39, 0.29) is 17.7 Å². The zero-order valence-corrected chi connectivity index (χ0v) is 37.9. The van der Waals surface area contributed by atoms with Gasteiger partial charge in [-0.25, -0.2) is 9.18 Å². The molecule has 2 aliphatic heterocycles. The number of thiophene rings is 1. The van der Waals surface area contributed by atoms with Crippen LogP contribution < -0.4 is 9.80 Å². The predicted octanol–water partition coefficient (Wildman–Crippen LogP) is 13.6. The van der Waals surface area contributed by atoms with Gasteiger partial charge in [0.05, 0.1) is 7.11 Å². The molecule has 6 nitrogen and oxygen atoms in total. The fourth-order valence-corrected chi connectivity index (χ4v) is 10.3. The van der Waals surface area contributed by atoms with Gasteiger partial charge in [-0.15, -0.1) is 11.3 Å². The summed E-state index contributed by atoms with van der Waals surface area (Å²) in [7, 11) is 1.44. The molecule has 1 amide bonds. The van der Waals surface area contributed by atoms with Crippen LogP contribution in [0, 0.1) is 5.82 Å². The van der Waals surface area contributed by atoms with E-state index >= 15 is 0 Å². The number of anilines is 2. The predicted molar refractivity (Wildman–Crippen MR) is 249 cm³/mol. The molecule has 1 atom stereocenters. The summed E-state index contributed by atoms with van der Waals surface area (Å²) in [5, 5.41) is 3.17. The molecule has 0 radical (unpaired) electrons. The monoisotopic (exact) mass is 832 g/mol. The van der Waals surface area contributed by atoms with Gasteiger partial charge in [0.25, 0.3) is 0 Å². The van der Waals surface area contributed by atoms with Crippen LogP contribution in [0.5, 0.6) is 0 Å². The van der Waals surface area contributed by atoms with Gasteiger partial charge in [0.15, 0.2) is 0 Å². The van der Waals surface area contributed by atoms with Crippen LogP contribution in [0.25, 0.3) is 10.1 Å². The number of hydrogen-bond acceptors (Lipinski definition) is 6. The van der Waals surface area contributed by atoms with Gasteiger partial charge in [-0.05, 0) is 60.0 Å². The lowest BCUT2D eigenvalue weighted by Gasteiger charge is -2.37. The highest BCUT2D eigenvalue weighted by Crippen LogP contribution is 2.34. The number of methoxy groups -OCH3 is 1. The van der Waals surface area contributed by atoms with Gasteiger partial charge in [0.1, 0.15) is 11.9 Å². The average Bonchev–Trinajstić information content (AvgIpc) is 3.73. The maximum absolute atomic E-state index is 14.4. The lowest BCUT2D eigenvalue weighted by Crippen LogP contribution is -2.48. The van der Waals surface area contributed by atoms with Crippen LogP contribution in [0.1, 0.15) is 179 Å². The summed E-state index contributed by atoms with van der Waals surface area (Å²) in [4.78, 5) is 33.2. The van der Waals surface area contributed by atoms with E-state index < -0.39 is 6.04 Å². The van der Waals surface area contributed by atoms with Crippen molar-refractivity contribution in [3.63, 3.8) is 0 Å². The lowest BCUT2D eigenvalue weighted by molar-refractivity contribution is -0.143. The van der Waals surface area contributed by atoms with Crippen molar-refractivity contribution in [2.75, 3.05) is 49.6 Å². The molecule has 0 aliphatic carbocycles. The number of piperazine rings is 1. The number of amides is 1. The number of fused-ring (bicyclic) bond motifs is 2. The quantitative estimate of drug-likeness (QED) is 0.0495. The molecule has 1 fully saturated rings. The smallest absolute Gasteiger partial charge is 0.328 e. The molecule has 59 heavy (non-hydrogen) atoms. The molecule has 1 unspecified atom stereocenters. The van der Waals surface area contributed by atoms with E-state index in [1.54, 1.807) is 28.4 Å². The summed E-state index contributed by atoms with van der Waals surface area (Å²) in [6, 6.07) is 11.3. The Kier molecular flexibility index (Phi) is 21.6.